The van der Waals surface area contributed by atoms with Gasteiger partial charge in [0.15, 0.2) is 0 Å². The molecule has 0 saturated carbocycles. The number of nitrogens with zero attached hydrogens (tertiary/aromatic N) is 1. The molecule has 2 atom stereocenters. The van der Waals surface area contributed by atoms with Gasteiger partial charge in [0.1, 0.15) is 0 Å². The van der Waals surface area contributed by atoms with E-state index >= 15 is 0 Å². The van der Waals surface area contributed by atoms with E-state index in [4.69, 9.17) is 9.47 Å². The predicted molar refractivity (Wildman–Crippen MR) is 70.3 cm³/mol. The van der Waals surface area contributed by atoms with Crippen molar-refractivity contribution in [3.63, 3.8) is 0 Å². The maximum absolute atomic E-state index is 12.3. The summed E-state index contributed by atoms with van der Waals surface area (Å²) in [6.45, 7) is 8.48. The van der Waals surface area contributed by atoms with Crippen LogP contribution in [0.15, 0.2) is 0 Å². The van der Waals surface area contributed by atoms with Crippen molar-refractivity contribution >= 4 is 5.91 Å². The third-order valence-electron chi connectivity index (χ3n) is 3.60. The van der Waals surface area contributed by atoms with Crippen LogP contribution in [-0.2, 0) is 14.3 Å². The number of hydrogen-bond acceptors (Lipinski definition) is 4. The summed E-state index contributed by atoms with van der Waals surface area (Å²) in [7, 11) is 1.65. The van der Waals surface area contributed by atoms with Crippen molar-refractivity contribution in [1.29, 1.82) is 0 Å². The molecule has 1 amide bonds. The lowest BCUT2D eigenvalue weighted by atomic mass is 9.99. The van der Waals surface area contributed by atoms with Crippen molar-refractivity contribution in [3.8, 4) is 0 Å². The number of rotatable bonds is 8. The first-order chi connectivity index (χ1) is 8.59. The van der Waals surface area contributed by atoms with Crippen LogP contribution < -0.4 is 5.32 Å². The van der Waals surface area contributed by atoms with Gasteiger partial charge in [-0.15, -0.1) is 0 Å². The van der Waals surface area contributed by atoms with Gasteiger partial charge >= 0.3 is 0 Å². The lowest BCUT2D eigenvalue weighted by Crippen LogP contribution is -2.43. The minimum absolute atomic E-state index is 0.133. The molecule has 1 heterocycles. The van der Waals surface area contributed by atoms with Crippen LogP contribution in [0.3, 0.4) is 0 Å². The fraction of sp³-hybridized carbons (Fsp3) is 0.923. The summed E-state index contributed by atoms with van der Waals surface area (Å²) >= 11 is 0. The van der Waals surface area contributed by atoms with Gasteiger partial charge in [-0.05, 0) is 19.8 Å². The second-order valence-electron chi connectivity index (χ2n) is 4.86. The van der Waals surface area contributed by atoms with Crippen LogP contribution in [0.5, 0.6) is 0 Å². The third kappa shape index (κ3) is 3.43. The minimum atomic E-state index is -0.410. The van der Waals surface area contributed by atoms with E-state index in [0.29, 0.717) is 26.4 Å². The molecule has 1 fully saturated rings. The monoisotopic (exact) mass is 258 g/mol. The third-order valence-corrected chi connectivity index (χ3v) is 3.60. The summed E-state index contributed by atoms with van der Waals surface area (Å²) in [5.74, 6) is 0.187. The van der Waals surface area contributed by atoms with Gasteiger partial charge in [-0.1, -0.05) is 13.8 Å². The van der Waals surface area contributed by atoms with Gasteiger partial charge in [-0.3, -0.25) is 10.1 Å². The SMILES string of the molecule is CCC1NC(C)(CC)C(=O)N1CCOCCOC. The van der Waals surface area contributed by atoms with Crippen molar-refractivity contribution < 1.29 is 14.3 Å². The highest BCUT2D eigenvalue weighted by molar-refractivity contribution is 5.88. The molecule has 1 saturated heterocycles. The summed E-state index contributed by atoms with van der Waals surface area (Å²) in [5, 5.41) is 3.41. The molecule has 5 heteroatoms. The molecule has 1 aliphatic rings. The van der Waals surface area contributed by atoms with Gasteiger partial charge in [-0.2, -0.15) is 0 Å². The molecule has 2 unspecified atom stereocenters. The van der Waals surface area contributed by atoms with Gasteiger partial charge in [-0.25, -0.2) is 0 Å². The molecule has 1 rings (SSSR count). The Bertz CT molecular complexity index is 273. The molecular weight excluding hydrogens is 232 g/mol. The van der Waals surface area contributed by atoms with Crippen LogP contribution in [0, 0.1) is 0 Å². The topological polar surface area (TPSA) is 50.8 Å². The molecule has 18 heavy (non-hydrogen) atoms. The van der Waals surface area contributed by atoms with Gasteiger partial charge in [0, 0.05) is 13.7 Å². The fourth-order valence-electron chi connectivity index (χ4n) is 2.21. The van der Waals surface area contributed by atoms with Crippen molar-refractivity contribution in [1.82, 2.24) is 10.2 Å². The van der Waals surface area contributed by atoms with Crippen molar-refractivity contribution in [2.24, 2.45) is 0 Å². The van der Waals surface area contributed by atoms with Crippen LogP contribution >= 0.6 is 0 Å². The average molecular weight is 258 g/mol. The Labute approximate surface area is 110 Å². The molecule has 1 aliphatic heterocycles. The van der Waals surface area contributed by atoms with E-state index in [2.05, 4.69) is 12.2 Å². The summed E-state index contributed by atoms with van der Waals surface area (Å²) in [5.41, 5.74) is -0.410. The number of hydrogen-bond donors (Lipinski definition) is 1. The molecule has 0 bridgehead atoms. The number of carbonyl (C=O) groups excluding carboxylic acids is 1. The van der Waals surface area contributed by atoms with E-state index in [0.717, 1.165) is 12.8 Å². The molecule has 0 aliphatic carbocycles. The zero-order chi connectivity index (χ0) is 13.6. The second kappa shape index (κ2) is 7.07. The second-order valence-corrected chi connectivity index (χ2v) is 4.86. The number of carbonyl (C=O) groups is 1. The first kappa shape index (κ1) is 15.4. The van der Waals surface area contributed by atoms with Crippen LogP contribution in [0.4, 0.5) is 0 Å². The number of methoxy groups -OCH3 is 1. The van der Waals surface area contributed by atoms with Gasteiger partial charge in [0.2, 0.25) is 5.91 Å². The molecule has 0 spiro atoms. The largest absolute Gasteiger partial charge is 0.382 e. The highest BCUT2D eigenvalue weighted by Crippen LogP contribution is 2.24. The molecular formula is C13H26N2O3. The predicted octanol–water partition coefficient (Wildman–Crippen LogP) is 0.986. The number of nitrogens with one attached hydrogen (secondary N) is 1. The Morgan fingerprint density at radius 3 is 2.61 bits per heavy atom. The van der Waals surface area contributed by atoms with E-state index in [9.17, 15) is 4.79 Å². The Balaban J connectivity index is 2.45. The summed E-state index contributed by atoms with van der Waals surface area (Å²) < 4.78 is 10.3. The standard InChI is InChI=1S/C13H26N2O3/c1-5-11-14-13(3,6-2)12(16)15(11)7-8-18-10-9-17-4/h11,14H,5-10H2,1-4H3. The Morgan fingerprint density at radius 1 is 1.33 bits per heavy atom. The quantitative estimate of drug-likeness (QED) is 0.660. The Hall–Kier alpha value is -0.650. The fourth-order valence-corrected chi connectivity index (χ4v) is 2.21. The molecule has 5 nitrogen and oxygen atoms in total. The Kier molecular flexibility index (Phi) is 6.05. The number of ether oxygens (including phenoxy) is 2. The zero-order valence-electron chi connectivity index (χ0n) is 12.0. The maximum atomic E-state index is 12.3. The molecule has 1 N–H and O–H groups in total. The average Bonchev–Trinajstić information content (AvgIpc) is 2.63. The van der Waals surface area contributed by atoms with Crippen LogP contribution in [0.1, 0.15) is 33.6 Å². The van der Waals surface area contributed by atoms with Crippen LogP contribution in [0.2, 0.25) is 0 Å². The molecule has 106 valence electrons. The first-order valence-electron chi connectivity index (χ1n) is 6.74. The van der Waals surface area contributed by atoms with E-state index < -0.39 is 5.54 Å². The molecule has 0 radical (unpaired) electrons. The lowest BCUT2D eigenvalue weighted by molar-refractivity contribution is -0.133. The van der Waals surface area contributed by atoms with Crippen LogP contribution in [0.25, 0.3) is 0 Å². The normalized spacial score (nSPS) is 28.1. The summed E-state index contributed by atoms with van der Waals surface area (Å²) in [4.78, 5) is 14.2. The van der Waals surface area contributed by atoms with Gasteiger partial charge in [0.25, 0.3) is 0 Å². The van der Waals surface area contributed by atoms with Gasteiger partial charge in [0.05, 0.1) is 31.5 Å². The smallest absolute Gasteiger partial charge is 0.243 e. The first-order valence-corrected chi connectivity index (χ1v) is 6.74. The lowest BCUT2D eigenvalue weighted by Gasteiger charge is -2.23. The van der Waals surface area contributed by atoms with E-state index in [1.807, 2.05) is 18.7 Å². The molecule has 0 aromatic heterocycles. The van der Waals surface area contributed by atoms with Crippen molar-refractivity contribution in [2.75, 3.05) is 33.5 Å². The molecule has 0 aromatic rings. The zero-order valence-corrected chi connectivity index (χ0v) is 12.0. The summed E-state index contributed by atoms with van der Waals surface area (Å²) in [6, 6.07) is 0. The molecule has 0 aromatic carbocycles. The van der Waals surface area contributed by atoms with E-state index in [1.54, 1.807) is 7.11 Å². The van der Waals surface area contributed by atoms with Crippen molar-refractivity contribution in [2.45, 2.75) is 45.3 Å². The Morgan fingerprint density at radius 2 is 2.06 bits per heavy atom. The highest BCUT2D eigenvalue weighted by Gasteiger charge is 2.45. The van der Waals surface area contributed by atoms with Crippen molar-refractivity contribution in [3.05, 3.63) is 0 Å². The maximum Gasteiger partial charge on any atom is 0.243 e. The number of amides is 1. The summed E-state index contributed by atoms with van der Waals surface area (Å²) in [6.07, 6.45) is 1.86. The van der Waals surface area contributed by atoms with Crippen LogP contribution in [-0.4, -0.2) is 56.0 Å². The highest BCUT2D eigenvalue weighted by atomic mass is 16.5. The van der Waals surface area contributed by atoms with E-state index in [-0.39, 0.29) is 12.1 Å². The minimum Gasteiger partial charge on any atom is -0.382 e. The van der Waals surface area contributed by atoms with E-state index in [1.165, 1.54) is 0 Å². The van der Waals surface area contributed by atoms with Gasteiger partial charge < -0.3 is 14.4 Å².